The number of allylic oxidation sites excluding steroid dienone is 1. The van der Waals surface area contributed by atoms with E-state index in [1.807, 2.05) is 19.1 Å². The summed E-state index contributed by atoms with van der Waals surface area (Å²) >= 11 is 0. The Hall–Kier alpha value is -4.92. The van der Waals surface area contributed by atoms with Gasteiger partial charge in [-0.2, -0.15) is 0 Å². The molecule has 2 aromatic carbocycles. The van der Waals surface area contributed by atoms with Gasteiger partial charge in [0.2, 0.25) is 0 Å². The van der Waals surface area contributed by atoms with Crippen LogP contribution >= 0.6 is 0 Å². The second-order valence-electron chi connectivity index (χ2n) is 8.29. The number of esters is 1. The quantitative estimate of drug-likeness (QED) is 0.303. The molecular formula is C28H25N3O6. The number of carbonyl (C=O) groups is 4. The lowest BCUT2D eigenvalue weighted by atomic mass is 10.1. The van der Waals surface area contributed by atoms with Crippen molar-refractivity contribution in [3.8, 4) is 0 Å². The summed E-state index contributed by atoms with van der Waals surface area (Å²) in [6.45, 7) is 3.57. The average Bonchev–Trinajstić information content (AvgIpc) is 3.45. The van der Waals surface area contributed by atoms with Crippen molar-refractivity contribution in [1.29, 1.82) is 0 Å². The highest BCUT2D eigenvalue weighted by Crippen LogP contribution is 2.35. The molecule has 0 spiro atoms. The third kappa shape index (κ3) is 5.51. The van der Waals surface area contributed by atoms with E-state index >= 15 is 0 Å². The largest absolute Gasteiger partial charge is 0.465 e. The molecular weight excluding hydrogens is 474 g/mol. The molecule has 1 aromatic heterocycles. The molecule has 3 aromatic rings. The summed E-state index contributed by atoms with van der Waals surface area (Å²) < 4.78 is 10.7. The van der Waals surface area contributed by atoms with E-state index in [2.05, 4.69) is 10.6 Å². The third-order valence-corrected chi connectivity index (χ3v) is 5.71. The summed E-state index contributed by atoms with van der Waals surface area (Å²) in [5.74, 6) is -2.03. The molecule has 0 saturated heterocycles. The zero-order chi connectivity index (χ0) is 26.5. The molecule has 0 saturated carbocycles. The van der Waals surface area contributed by atoms with E-state index in [1.54, 1.807) is 61.5 Å². The minimum atomic E-state index is -0.827. The molecule has 0 atom stereocenters. The Kier molecular flexibility index (Phi) is 7.34. The number of amides is 3. The van der Waals surface area contributed by atoms with E-state index in [4.69, 9.17) is 9.15 Å². The number of methoxy groups -OCH3 is 1. The van der Waals surface area contributed by atoms with E-state index in [0.29, 0.717) is 28.6 Å². The second kappa shape index (κ2) is 10.8. The summed E-state index contributed by atoms with van der Waals surface area (Å²) in [6.07, 6.45) is 1.46. The van der Waals surface area contributed by atoms with Crippen LogP contribution in [0.5, 0.6) is 0 Å². The first-order valence-electron chi connectivity index (χ1n) is 11.4. The van der Waals surface area contributed by atoms with E-state index in [9.17, 15) is 19.2 Å². The Morgan fingerprint density at radius 3 is 2.32 bits per heavy atom. The molecule has 2 N–H and O–H groups in total. The van der Waals surface area contributed by atoms with Crippen LogP contribution in [-0.4, -0.2) is 30.8 Å². The fourth-order valence-corrected chi connectivity index (χ4v) is 3.85. The molecule has 9 heteroatoms. The number of rotatable bonds is 6. The molecule has 1 aliphatic heterocycles. The van der Waals surface area contributed by atoms with Gasteiger partial charge < -0.3 is 19.8 Å². The monoisotopic (exact) mass is 499 g/mol. The summed E-state index contributed by atoms with van der Waals surface area (Å²) in [5, 5.41) is 4.99. The zero-order valence-corrected chi connectivity index (χ0v) is 20.5. The normalized spacial score (nSPS) is 14.2. The first-order valence-corrected chi connectivity index (χ1v) is 11.4. The van der Waals surface area contributed by atoms with E-state index < -0.39 is 23.7 Å². The smallest absolute Gasteiger partial charge is 0.340 e. The molecule has 0 fully saturated rings. The number of hydrogen-bond acceptors (Lipinski definition) is 6. The van der Waals surface area contributed by atoms with Crippen molar-refractivity contribution in [3.05, 3.63) is 101 Å². The second-order valence-corrected chi connectivity index (χ2v) is 8.29. The van der Waals surface area contributed by atoms with E-state index in [0.717, 1.165) is 5.56 Å². The highest BCUT2D eigenvalue weighted by Gasteiger charge is 2.38. The first kappa shape index (κ1) is 25.2. The van der Waals surface area contributed by atoms with Crippen molar-refractivity contribution in [1.82, 2.24) is 5.32 Å². The minimum Gasteiger partial charge on any atom is -0.465 e. The van der Waals surface area contributed by atoms with Crippen molar-refractivity contribution < 1.29 is 28.3 Å². The van der Waals surface area contributed by atoms with Crippen LogP contribution in [-0.2, 0) is 30.5 Å². The number of hydrogen-bond donors (Lipinski definition) is 2. The topological polar surface area (TPSA) is 118 Å². The fourth-order valence-electron chi connectivity index (χ4n) is 3.85. The van der Waals surface area contributed by atoms with Crippen molar-refractivity contribution in [3.63, 3.8) is 0 Å². The van der Waals surface area contributed by atoms with Gasteiger partial charge in [0.05, 0.1) is 24.8 Å². The third-order valence-electron chi connectivity index (χ3n) is 5.71. The predicted octanol–water partition coefficient (Wildman–Crippen LogP) is 3.72. The number of ether oxygens (including phenoxy) is 1. The Morgan fingerprint density at radius 1 is 0.946 bits per heavy atom. The van der Waals surface area contributed by atoms with Gasteiger partial charge >= 0.3 is 17.8 Å². The van der Waals surface area contributed by atoms with Gasteiger partial charge in [-0.05, 0) is 56.3 Å². The Labute approximate surface area is 213 Å². The molecule has 4 rings (SSSR count). The van der Waals surface area contributed by atoms with Gasteiger partial charge in [0.1, 0.15) is 11.5 Å². The molecule has 0 unspecified atom stereocenters. The van der Waals surface area contributed by atoms with Gasteiger partial charge in [0, 0.05) is 17.1 Å². The number of furan rings is 1. The Balaban J connectivity index is 1.50. The number of aryl methyl sites for hydroxylation is 1. The molecule has 188 valence electrons. The standard InChI is InChI=1S/C28H25N3O6/c1-17-9-11-20(12-10-17)31-18(2)24(28(35)36-3)23(27(31)34)15-21-13-14-22(37-21)16-29-25(32)26(33)30-19-7-5-4-6-8-19/h4-15H,16H2,1-3H3,(H,29,32)(H,30,33)/b23-15-. The molecule has 0 aliphatic carbocycles. The Bertz CT molecular complexity index is 1420. The van der Waals surface area contributed by atoms with Crippen LogP contribution in [0, 0.1) is 6.92 Å². The summed E-state index contributed by atoms with van der Waals surface area (Å²) in [5.41, 5.74) is 2.85. The van der Waals surface area contributed by atoms with Crippen molar-refractivity contribution in [2.75, 3.05) is 17.3 Å². The Morgan fingerprint density at radius 2 is 1.65 bits per heavy atom. The lowest BCUT2D eigenvalue weighted by Crippen LogP contribution is -2.34. The van der Waals surface area contributed by atoms with E-state index in [-0.39, 0.29) is 17.7 Å². The lowest BCUT2D eigenvalue weighted by Gasteiger charge is -2.18. The van der Waals surface area contributed by atoms with Gasteiger partial charge in [-0.15, -0.1) is 0 Å². The van der Waals surface area contributed by atoms with Gasteiger partial charge in [-0.1, -0.05) is 35.9 Å². The van der Waals surface area contributed by atoms with Gasteiger partial charge in [-0.25, -0.2) is 4.79 Å². The number of nitrogens with one attached hydrogen (secondary N) is 2. The van der Waals surface area contributed by atoms with Crippen LogP contribution in [0.4, 0.5) is 11.4 Å². The highest BCUT2D eigenvalue weighted by atomic mass is 16.5. The van der Waals surface area contributed by atoms with Crippen LogP contribution in [0.25, 0.3) is 6.08 Å². The minimum absolute atomic E-state index is 0.0492. The maximum Gasteiger partial charge on any atom is 0.340 e. The van der Waals surface area contributed by atoms with Gasteiger partial charge in [0.15, 0.2) is 0 Å². The van der Waals surface area contributed by atoms with Gasteiger partial charge in [0.25, 0.3) is 5.91 Å². The molecule has 0 bridgehead atoms. The number of anilines is 2. The first-order chi connectivity index (χ1) is 17.8. The number of para-hydroxylation sites is 1. The van der Waals surface area contributed by atoms with Crippen molar-refractivity contribution in [2.45, 2.75) is 20.4 Å². The van der Waals surface area contributed by atoms with Crippen LogP contribution in [0.15, 0.2) is 88.0 Å². The summed E-state index contributed by atoms with van der Waals surface area (Å²) in [7, 11) is 1.25. The van der Waals surface area contributed by atoms with E-state index in [1.165, 1.54) is 18.1 Å². The predicted molar refractivity (Wildman–Crippen MR) is 137 cm³/mol. The number of carbonyl (C=O) groups excluding carboxylic acids is 4. The molecule has 9 nitrogen and oxygen atoms in total. The lowest BCUT2D eigenvalue weighted by molar-refractivity contribution is -0.136. The molecule has 3 amide bonds. The summed E-state index contributed by atoms with van der Waals surface area (Å²) in [6, 6.07) is 19.2. The molecule has 2 heterocycles. The van der Waals surface area contributed by atoms with Crippen molar-refractivity contribution >= 4 is 41.1 Å². The average molecular weight is 500 g/mol. The van der Waals surface area contributed by atoms with Crippen molar-refractivity contribution in [2.24, 2.45) is 0 Å². The van der Waals surface area contributed by atoms with Gasteiger partial charge in [-0.3, -0.25) is 19.3 Å². The van der Waals surface area contributed by atoms with Crippen LogP contribution in [0.2, 0.25) is 0 Å². The number of benzene rings is 2. The van der Waals surface area contributed by atoms with Crippen LogP contribution in [0.1, 0.15) is 24.0 Å². The molecule has 1 aliphatic rings. The maximum absolute atomic E-state index is 13.3. The number of nitrogens with zero attached hydrogens (tertiary/aromatic N) is 1. The van der Waals surface area contributed by atoms with Crippen LogP contribution < -0.4 is 15.5 Å². The molecule has 37 heavy (non-hydrogen) atoms. The SMILES string of the molecule is COC(=O)C1=C(C)N(c2ccc(C)cc2)C(=O)/C1=C\c1ccc(CNC(=O)C(=O)Nc2ccccc2)o1. The summed E-state index contributed by atoms with van der Waals surface area (Å²) in [4.78, 5) is 51.6. The highest BCUT2D eigenvalue weighted by molar-refractivity contribution is 6.39. The zero-order valence-electron chi connectivity index (χ0n) is 20.5. The maximum atomic E-state index is 13.3. The fraction of sp³-hybridized carbons (Fsp3) is 0.143. The van der Waals surface area contributed by atoms with Crippen LogP contribution in [0.3, 0.4) is 0 Å². The molecule has 0 radical (unpaired) electrons.